The number of aldehydes is 1. The first-order valence-corrected chi connectivity index (χ1v) is 9.16. The molecule has 0 amide bonds. The normalized spacial score (nSPS) is 19.9. The maximum atomic E-state index is 11.4. The number of hydrogen-bond acceptors (Lipinski definition) is 5. The van der Waals surface area contributed by atoms with E-state index >= 15 is 0 Å². The lowest BCUT2D eigenvalue weighted by Gasteiger charge is -2.34. The van der Waals surface area contributed by atoms with Crippen molar-refractivity contribution in [1.82, 2.24) is 0 Å². The predicted octanol–water partition coefficient (Wildman–Crippen LogP) is 4.24. The van der Waals surface area contributed by atoms with E-state index in [0.29, 0.717) is 11.8 Å². The number of carbonyl (C=O) groups excluding carboxylic acids is 1. The first-order chi connectivity index (χ1) is 11.2. The van der Waals surface area contributed by atoms with E-state index in [1.54, 1.807) is 11.9 Å². The maximum Gasteiger partial charge on any atom is 0.152 e. The van der Waals surface area contributed by atoms with Gasteiger partial charge in [0.2, 0.25) is 0 Å². The quantitative estimate of drug-likeness (QED) is 0.625. The summed E-state index contributed by atoms with van der Waals surface area (Å²) >= 11 is 1.55. The second kappa shape index (κ2) is 6.84. The lowest BCUT2D eigenvalue weighted by molar-refractivity contribution is 0.112. The number of piperidine rings is 1. The van der Waals surface area contributed by atoms with Crippen LogP contribution >= 0.6 is 11.9 Å². The molecule has 1 aliphatic carbocycles. The third kappa shape index (κ3) is 3.81. The number of hydrogen-bond donors (Lipinski definition) is 1. The highest BCUT2D eigenvalue weighted by Gasteiger charge is 2.44. The molecule has 1 heterocycles. The first-order valence-electron chi connectivity index (χ1n) is 8.29. The van der Waals surface area contributed by atoms with Crippen molar-refractivity contribution < 1.29 is 4.79 Å². The molecule has 1 N–H and O–H groups in total. The van der Waals surface area contributed by atoms with Crippen LogP contribution in [-0.2, 0) is 0 Å². The Morgan fingerprint density at radius 2 is 2.13 bits per heavy atom. The Hall–Kier alpha value is -1.67. The van der Waals surface area contributed by atoms with Crippen molar-refractivity contribution in [2.75, 3.05) is 22.7 Å². The highest BCUT2D eigenvalue weighted by Crippen LogP contribution is 2.54. The summed E-state index contributed by atoms with van der Waals surface area (Å²) in [6, 6.07) is 8.08. The Bertz CT molecular complexity index is 611. The fourth-order valence-electron chi connectivity index (χ4n) is 3.22. The molecule has 2 aliphatic rings. The SMILES string of the molecule is CC(CC#N)SNc1ccc(C=O)c(N2CCC3(CC2)CC3)c1. The minimum Gasteiger partial charge on any atom is -0.371 e. The Morgan fingerprint density at radius 1 is 1.39 bits per heavy atom. The van der Waals surface area contributed by atoms with E-state index in [4.69, 9.17) is 5.26 Å². The van der Waals surface area contributed by atoms with Gasteiger partial charge in [-0.3, -0.25) is 4.79 Å². The number of anilines is 2. The molecule has 0 bridgehead atoms. The number of nitriles is 1. The van der Waals surface area contributed by atoms with Gasteiger partial charge in [-0.1, -0.05) is 6.92 Å². The topological polar surface area (TPSA) is 56.1 Å². The van der Waals surface area contributed by atoms with Crippen LogP contribution in [0.4, 0.5) is 11.4 Å². The molecule has 5 heteroatoms. The third-order valence-corrected chi connectivity index (χ3v) is 5.96. The third-order valence-electron chi connectivity index (χ3n) is 5.04. The number of nitrogens with one attached hydrogen (secondary N) is 1. The predicted molar refractivity (Wildman–Crippen MR) is 95.8 cm³/mol. The van der Waals surface area contributed by atoms with Crippen molar-refractivity contribution >= 4 is 29.6 Å². The van der Waals surface area contributed by atoms with Crippen molar-refractivity contribution in [2.45, 2.75) is 44.3 Å². The molecule has 0 aromatic heterocycles. The number of benzene rings is 1. The van der Waals surface area contributed by atoms with Crippen LogP contribution in [0.2, 0.25) is 0 Å². The Balaban J connectivity index is 1.69. The molecule has 1 aliphatic heterocycles. The molecule has 1 aromatic rings. The number of rotatable bonds is 6. The van der Waals surface area contributed by atoms with Crippen LogP contribution in [0.15, 0.2) is 18.2 Å². The highest BCUT2D eigenvalue weighted by atomic mass is 32.2. The zero-order valence-electron chi connectivity index (χ0n) is 13.5. The summed E-state index contributed by atoms with van der Waals surface area (Å²) < 4.78 is 3.31. The molecule has 122 valence electrons. The maximum absolute atomic E-state index is 11.4. The molecule has 23 heavy (non-hydrogen) atoms. The molecule has 1 atom stereocenters. The van der Waals surface area contributed by atoms with Crippen LogP contribution in [0, 0.1) is 16.7 Å². The van der Waals surface area contributed by atoms with Crippen LogP contribution in [0.1, 0.15) is 49.4 Å². The molecule has 1 saturated heterocycles. The van der Waals surface area contributed by atoms with Gasteiger partial charge in [0.05, 0.1) is 6.07 Å². The van der Waals surface area contributed by atoms with E-state index in [1.807, 2.05) is 19.1 Å². The van der Waals surface area contributed by atoms with E-state index in [2.05, 4.69) is 21.8 Å². The minimum absolute atomic E-state index is 0.235. The fourth-order valence-corrected chi connectivity index (χ4v) is 3.84. The fraction of sp³-hybridized carbons (Fsp3) is 0.556. The van der Waals surface area contributed by atoms with Crippen molar-refractivity contribution in [1.29, 1.82) is 5.26 Å². The van der Waals surface area contributed by atoms with E-state index < -0.39 is 0 Å². The largest absolute Gasteiger partial charge is 0.371 e. The summed E-state index contributed by atoms with van der Waals surface area (Å²) in [5, 5.41) is 8.96. The smallest absolute Gasteiger partial charge is 0.152 e. The second-order valence-electron chi connectivity index (χ2n) is 6.77. The van der Waals surface area contributed by atoms with Gasteiger partial charge in [-0.05, 0) is 61.2 Å². The molecule has 4 nitrogen and oxygen atoms in total. The van der Waals surface area contributed by atoms with Crippen LogP contribution in [0.25, 0.3) is 0 Å². The van der Waals surface area contributed by atoms with Crippen molar-refractivity contribution in [3.63, 3.8) is 0 Å². The lowest BCUT2D eigenvalue weighted by atomic mass is 9.93. The molecular weight excluding hydrogens is 306 g/mol. The van der Waals surface area contributed by atoms with Crippen LogP contribution in [0.5, 0.6) is 0 Å². The summed E-state index contributed by atoms with van der Waals surface area (Å²) in [5.41, 5.74) is 3.43. The van der Waals surface area contributed by atoms with E-state index in [1.165, 1.54) is 25.7 Å². The van der Waals surface area contributed by atoms with Crippen molar-refractivity contribution in [2.24, 2.45) is 5.41 Å². The Labute approximate surface area is 142 Å². The molecule has 1 saturated carbocycles. The summed E-state index contributed by atoms with van der Waals surface area (Å²) in [5.74, 6) is 0. The van der Waals surface area contributed by atoms with Crippen LogP contribution < -0.4 is 9.62 Å². The van der Waals surface area contributed by atoms with Gasteiger partial charge >= 0.3 is 0 Å². The molecule has 0 radical (unpaired) electrons. The number of carbonyl (C=O) groups is 1. The van der Waals surface area contributed by atoms with Gasteiger partial charge in [0, 0.05) is 41.7 Å². The van der Waals surface area contributed by atoms with Gasteiger partial charge in [0.25, 0.3) is 0 Å². The Morgan fingerprint density at radius 3 is 2.74 bits per heavy atom. The van der Waals surface area contributed by atoms with E-state index in [9.17, 15) is 4.79 Å². The summed E-state index contributed by atoms with van der Waals surface area (Å²) in [4.78, 5) is 13.7. The molecular formula is C18H23N3OS. The van der Waals surface area contributed by atoms with Gasteiger partial charge < -0.3 is 9.62 Å². The van der Waals surface area contributed by atoms with Crippen LogP contribution in [-0.4, -0.2) is 24.6 Å². The summed E-state index contributed by atoms with van der Waals surface area (Å²) in [6.07, 6.45) is 6.73. The van der Waals surface area contributed by atoms with Gasteiger partial charge in [0.1, 0.15) is 0 Å². The van der Waals surface area contributed by atoms with E-state index in [0.717, 1.165) is 36.3 Å². The molecule has 1 unspecified atom stereocenters. The molecule has 1 aromatic carbocycles. The van der Waals surface area contributed by atoms with Crippen LogP contribution in [0.3, 0.4) is 0 Å². The van der Waals surface area contributed by atoms with Gasteiger partial charge in [0.15, 0.2) is 6.29 Å². The van der Waals surface area contributed by atoms with E-state index in [-0.39, 0.29) is 5.25 Å². The standard InChI is InChI=1S/C18H23N3OS/c1-14(4-9-19)23-20-16-3-2-15(13-22)17(12-16)21-10-7-18(5-6-18)8-11-21/h2-3,12-14,20H,4-8,10-11H2,1H3. The number of nitrogens with zero attached hydrogens (tertiary/aromatic N) is 2. The summed E-state index contributed by atoms with van der Waals surface area (Å²) in [7, 11) is 0. The summed E-state index contributed by atoms with van der Waals surface area (Å²) in [6.45, 7) is 4.12. The zero-order chi connectivity index (χ0) is 16.3. The highest BCUT2D eigenvalue weighted by molar-refractivity contribution is 8.01. The van der Waals surface area contributed by atoms with Crippen molar-refractivity contribution in [3.05, 3.63) is 23.8 Å². The minimum atomic E-state index is 0.235. The van der Waals surface area contributed by atoms with Gasteiger partial charge in [-0.25, -0.2) is 0 Å². The zero-order valence-corrected chi connectivity index (χ0v) is 14.4. The van der Waals surface area contributed by atoms with Crippen molar-refractivity contribution in [3.8, 4) is 6.07 Å². The average Bonchev–Trinajstić information content (AvgIpc) is 3.33. The molecule has 3 rings (SSSR count). The lowest BCUT2D eigenvalue weighted by Crippen LogP contribution is -2.35. The van der Waals surface area contributed by atoms with Gasteiger partial charge in [-0.2, -0.15) is 5.26 Å². The first kappa shape index (κ1) is 16.2. The average molecular weight is 329 g/mol. The van der Waals surface area contributed by atoms with Gasteiger partial charge in [-0.15, -0.1) is 0 Å². The second-order valence-corrected chi connectivity index (χ2v) is 8.02. The molecule has 1 spiro atoms. The molecule has 2 fully saturated rings. The monoisotopic (exact) mass is 329 g/mol. The Kier molecular flexibility index (Phi) is 4.82.